The average Bonchev–Trinajstić information content (AvgIpc) is 2.75. The largest absolute Gasteiger partial charge is 0.491 e. The number of hydrogen-bond acceptors (Lipinski definition) is 3. The fourth-order valence-corrected chi connectivity index (χ4v) is 2.58. The highest BCUT2D eigenvalue weighted by Crippen LogP contribution is 2.28. The summed E-state index contributed by atoms with van der Waals surface area (Å²) in [6.07, 6.45) is 1.13. The van der Waals surface area contributed by atoms with E-state index in [0.717, 1.165) is 26.1 Å². The summed E-state index contributed by atoms with van der Waals surface area (Å²) >= 11 is 5.90. The van der Waals surface area contributed by atoms with Crippen LogP contribution in [-0.2, 0) is 0 Å². The third kappa shape index (κ3) is 3.81. The Morgan fingerprint density at radius 2 is 2.32 bits per heavy atom. The van der Waals surface area contributed by atoms with E-state index in [1.54, 1.807) is 6.07 Å². The molecule has 1 fully saturated rings. The molecule has 0 saturated carbocycles. The van der Waals surface area contributed by atoms with Gasteiger partial charge in [0.05, 0.1) is 5.02 Å². The van der Waals surface area contributed by atoms with Gasteiger partial charge in [0, 0.05) is 13.1 Å². The average molecular weight is 287 g/mol. The molecule has 1 saturated heterocycles. The molecular weight excluding hydrogens is 267 g/mol. The summed E-state index contributed by atoms with van der Waals surface area (Å²) < 4.78 is 18.5. The summed E-state index contributed by atoms with van der Waals surface area (Å²) in [6, 6.07) is 4.17. The van der Waals surface area contributed by atoms with E-state index in [9.17, 15) is 4.39 Å². The zero-order valence-corrected chi connectivity index (χ0v) is 11.9. The Balaban J connectivity index is 1.78. The Hall–Kier alpha value is -0.840. The molecule has 0 aliphatic carbocycles. The smallest absolute Gasteiger partial charge is 0.138 e. The van der Waals surface area contributed by atoms with Crippen LogP contribution < -0.4 is 10.5 Å². The quantitative estimate of drug-likeness (QED) is 0.904. The Morgan fingerprint density at radius 1 is 1.53 bits per heavy atom. The predicted molar refractivity (Wildman–Crippen MR) is 75.1 cm³/mol. The van der Waals surface area contributed by atoms with E-state index < -0.39 is 0 Å². The summed E-state index contributed by atoms with van der Waals surface area (Å²) in [5.74, 6) is 0.180. The van der Waals surface area contributed by atoms with Crippen molar-refractivity contribution in [1.82, 2.24) is 4.90 Å². The highest BCUT2D eigenvalue weighted by molar-refractivity contribution is 6.32. The number of nitrogens with two attached hydrogens (primary N) is 1. The minimum Gasteiger partial charge on any atom is -0.491 e. The highest BCUT2D eigenvalue weighted by atomic mass is 35.5. The van der Waals surface area contributed by atoms with E-state index in [0.29, 0.717) is 23.9 Å². The molecule has 106 valence electrons. The van der Waals surface area contributed by atoms with E-state index in [1.165, 1.54) is 12.1 Å². The molecule has 1 aliphatic heterocycles. The summed E-state index contributed by atoms with van der Waals surface area (Å²) in [4.78, 5) is 2.34. The van der Waals surface area contributed by atoms with Crippen LogP contribution in [0.2, 0.25) is 5.02 Å². The minimum absolute atomic E-state index is 0.230. The SMILES string of the molecule is CC1(CN)CCN(CCOc2ccc(F)cc2Cl)C1. The van der Waals surface area contributed by atoms with Crippen LogP contribution in [-0.4, -0.2) is 37.7 Å². The summed E-state index contributed by atoms with van der Waals surface area (Å²) in [5.41, 5.74) is 6.00. The van der Waals surface area contributed by atoms with Crippen molar-refractivity contribution >= 4 is 11.6 Å². The molecule has 1 unspecified atom stereocenters. The van der Waals surface area contributed by atoms with Gasteiger partial charge >= 0.3 is 0 Å². The Bertz CT molecular complexity index is 443. The van der Waals surface area contributed by atoms with Crippen molar-refractivity contribution in [1.29, 1.82) is 0 Å². The van der Waals surface area contributed by atoms with E-state index in [1.807, 2.05) is 0 Å². The Morgan fingerprint density at radius 3 is 2.95 bits per heavy atom. The van der Waals surface area contributed by atoms with Crippen LogP contribution >= 0.6 is 11.6 Å². The normalized spacial score (nSPS) is 23.8. The first-order valence-electron chi connectivity index (χ1n) is 6.53. The molecule has 1 aromatic carbocycles. The number of hydrogen-bond donors (Lipinski definition) is 1. The first-order valence-corrected chi connectivity index (χ1v) is 6.90. The summed E-state index contributed by atoms with van der Waals surface area (Å²) in [7, 11) is 0. The fraction of sp³-hybridized carbons (Fsp3) is 0.571. The van der Waals surface area contributed by atoms with Gasteiger partial charge in [-0.25, -0.2) is 4.39 Å². The molecule has 1 heterocycles. The maximum atomic E-state index is 12.9. The predicted octanol–water partition coefficient (Wildman–Crippen LogP) is 2.53. The van der Waals surface area contributed by atoms with Gasteiger partial charge in [0.15, 0.2) is 0 Å². The second kappa shape index (κ2) is 6.07. The lowest BCUT2D eigenvalue weighted by Crippen LogP contribution is -2.33. The van der Waals surface area contributed by atoms with Gasteiger partial charge in [0.25, 0.3) is 0 Å². The van der Waals surface area contributed by atoms with Crippen molar-refractivity contribution in [3.8, 4) is 5.75 Å². The van der Waals surface area contributed by atoms with Crippen molar-refractivity contribution in [3.05, 3.63) is 29.0 Å². The zero-order chi connectivity index (χ0) is 13.9. The maximum Gasteiger partial charge on any atom is 0.138 e. The van der Waals surface area contributed by atoms with Crippen LogP contribution in [0.5, 0.6) is 5.75 Å². The minimum atomic E-state index is -0.351. The lowest BCUT2D eigenvalue weighted by molar-refractivity contribution is 0.219. The van der Waals surface area contributed by atoms with Gasteiger partial charge in [-0.1, -0.05) is 18.5 Å². The molecular formula is C14H20ClFN2O. The fourth-order valence-electron chi connectivity index (χ4n) is 2.36. The van der Waals surface area contributed by atoms with Crippen molar-refractivity contribution < 1.29 is 9.13 Å². The van der Waals surface area contributed by atoms with Crippen molar-refractivity contribution in [2.45, 2.75) is 13.3 Å². The monoisotopic (exact) mass is 286 g/mol. The van der Waals surface area contributed by atoms with E-state index in [-0.39, 0.29) is 11.2 Å². The topological polar surface area (TPSA) is 38.5 Å². The van der Waals surface area contributed by atoms with Gasteiger partial charge in [-0.15, -0.1) is 0 Å². The molecule has 1 aromatic rings. The Kier molecular flexibility index (Phi) is 4.66. The highest BCUT2D eigenvalue weighted by Gasteiger charge is 2.31. The lowest BCUT2D eigenvalue weighted by Gasteiger charge is -2.22. The molecule has 0 aromatic heterocycles. The molecule has 5 heteroatoms. The van der Waals surface area contributed by atoms with E-state index in [2.05, 4.69) is 11.8 Å². The van der Waals surface area contributed by atoms with Crippen LogP contribution in [0.25, 0.3) is 0 Å². The van der Waals surface area contributed by atoms with Gasteiger partial charge in [-0.05, 0) is 43.1 Å². The third-order valence-electron chi connectivity index (χ3n) is 3.69. The number of likely N-dealkylation sites (tertiary alicyclic amines) is 1. The van der Waals surface area contributed by atoms with E-state index in [4.69, 9.17) is 22.1 Å². The van der Waals surface area contributed by atoms with Gasteiger partial charge in [0.1, 0.15) is 18.2 Å². The number of rotatable bonds is 5. The molecule has 19 heavy (non-hydrogen) atoms. The molecule has 0 spiro atoms. The number of nitrogens with zero attached hydrogens (tertiary/aromatic N) is 1. The first-order chi connectivity index (χ1) is 9.02. The van der Waals surface area contributed by atoms with Crippen LogP contribution in [0.3, 0.4) is 0 Å². The van der Waals surface area contributed by atoms with E-state index >= 15 is 0 Å². The van der Waals surface area contributed by atoms with Crippen LogP contribution in [0, 0.1) is 11.2 Å². The lowest BCUT2D eigenvalue weighted by atomic mass is 9.90. The van der Waals surface area contributed by atoms with Crippen molar-refractivity contribution in [2.24, 2.45) is 11.1 Å². The van der Waals surface area contributed by atoms with Gasteiger partial charge in [0.2, 0.25) is 0 Å². The molecule has 1 atom stereocenters. The molecule has 1 aliphatic rings. The van der Waals surface area contributed by atoms with Gasteiger partial charge in [-0.3, -0.25) is 4.90 Å². The van der Waals surface area contributed by atoms with Gasteiger partial charge in [-0.2, -0.15) is 0 Å². The summed E-state index contributed by atoms with van der Waals surface area (Å²) in [5, 5.41) is 0.313. The molecule has 0 amide bonds. The zero-order valence-electron chi connectivity index (χ0n) is 11.2. The second-order valence-electron chi connectivity index (χ2n) is 5.46. The molecule has 0 bridgehead atoms. The van der Waals surface area contributed by atoms with Gasteiger partial charge < -0.3 is 10.5 Å². The van der Waals surface area contributed by atoms with Crippen LogP contribution in [0.15, 0.2) is 18.2 Å². The summed E-state index contributed by atoms with van der Waals surface area (Å²) in [6.45, 7) is 6.37. The number of halogens is 2. The van der Waals surface area contributed by atoms with Crippen molar-refractivity contribution in [3.63, 3.8) is 0 Å². The first kappa shape index (κ1) is 14.6. The maximum absolute atomic E-state index is 12.9. The molecule has 3 nitrogen and oxygen atoms in total. The standard InChI is InChI=1S/C14H20ClFN2O/c1-14(9-17)4-5-18(10-14)6-7-19-13-3-2-11(16)8-12(13)15/h2-3,8H,4-7,9-10,17H2,1H3. The molecule has 2 rings (SSSR count). The molecule has 0 radical (unpaired) electrons. The number of ether oxygens (including phenoxy) is 1. The van der Waals surface area contributed by atoms with Crippen LogP contribution in [0.1, 0.15) is 13.3 Å². The third-order valence-corrected chi connectivity index (χ3v) is 3.98. The number of benzene rings is 1. The molecule has 2 N–H and O–H groups in total. The van der Waals surface area contributed by atoms with Crippen molar-refractivity contribution in [2.75, 3.05) is 32.8 Å². The van der Waals surface area contributed by atoms with Crippen LogP contribution in [0.4, 0.5) is 4.39 Å². The second-order valence-corrected chi connectivity index (χ2v) is 5.87. The Labute approximate surface area is 118 Å².